The minimum atomic E-state index is 0.507. The lowest BCUT2D eigenvalue weighted by atomic mass is 9.73. The van der Waals surface area contributed by atoms with Gasteiger partial charge in [0.1, 0.15) is 5.82 Å². The van der Waals surface area contributed by atoms with Crippen LogP contribution in [0, 0.1) is 12.3 Å². The van der Waals surface area contributed by atoms with Crippen molar-refractivity contribution < 1.29 is 0 Å². The van der Waals surface area contributed by atoms with E-state index in [1.54, 1.807) is 0 Å². The molecule has 0 spiro atoms. The van der Waals surface area contributed by atoms with Crippen LogP contribution in [0.2, 0.25) is 0 Å². The van der Waals surface area contributed by atoms with Crippen LogP contribution in [-0.2, 0) is 6.54 Å². The van der Waals surface area contributed by atoms with Crippen LogP contribution in [0.5, 0.6) is 0 Å². The van der Waals surface area contributed by atoms with Crippen LogP contribution >= 0.6 is 0 Å². The highest BCUT2D eigenvalue weighted by molar-refractivity contribution is 5.13. The number of nitrogens with zero attached hydrogens (tertiary/aromatic N) is 2. The van der Waals surface area contributed by atoms with E-state index in [9.17, 15) is 0 Å². The van der Waals surface area contributed by atoms with Gasteiger partial charge in [-0.05, 0) is 50.6 Å². The van der Waals surface area contributed by atoms with Gasteiger partial charge < -0.3 is 5.32 Å². The fourth-order valence-corrected chi connectivity index (χ4v) is 2.84. The Morgan fingerprint density at radius 2 is 1.95 bits per heavy atom. The van der Waals surface area contributed by atoms with Crippen molar-refractivity contribution in [1.29, 1.82) is 0 Å². The van der Waals surface area contributed by atoms with Crippen molar-refractivity contribution >= 4 is 0 Å². The maximum Gasteiger partial charge on any atom is 0.131 e. The number of nitrogens with one attached hydrogen (secondary N) is 1. The highest BCUT2D eigenvalue weighted by Crippen LogP contribution is 2.41. The van der Waals surface area contributed by atoms with Gasteiger partial charge in [-0.2, -0.15) is 0 Å². The highest BCUT2D eigenvalue weighted by Gasteiger charge is 2.29. The number of aryl methyl sites for hydroxylation is 1. The topological polar surface area (TPSA) is 37.8 Å². The van der Waals surface area contributed by atoms with Crippen LogP contribution in [0.25, 0.3) is 0 Å². The maximum atomic E-state index is 4.77. The third-order valence-corrected chi connectivity index (χ3v) is 4.18. The number of hydrogen-bond donors (Lipinski definition) is 1. The van der Waals surface area contributed by atoms with Gasteiger partial charge in [0, 0.05) is 18.2 Å². The minimum absolute atomic E-state index is 0.507. The molecular weight excluding hydrogens is 234 g/mol. The Kier molecular flexibility index (Phi) is 4.56. The number of aromatic nitrogens is 2. The van der Waals surface area contributed by atoms with E-state index >= 15 is 0 Å². The molecule has 1 heterocycles. The molecule has 3 nitrogen and oxygen atoms in total. The van der Waals surface area contributed by atoms with Crippen molar-refractivity contribution in [2.24, 2.45) is 5.41 Å². The third-order valence-electron chi connectivity index (χ3n) is 4.18. The molecule has 19 heavy (non-hydrogen) atoms. The summed E-state index contributed by atoms with van der Waals surface area (Å²) in [6, 6.07) is 2.10. The Bertz CT molecular complexity index is 416. The highest BCUT2D eigenvalue weighted by atomic mass is 14.9. The van der Waals surface area contributed by atoms with E-state index in [0.29, 0.717) is 11.3 Å². The molecule has 0 aliphatic heterocycles. The predicted molar refractivity (Wildman–Crippen MR) is 79.1 cm³/mol. The summed E-state index contributed by atoms with van der Waals surface area (Å²) < 4.78 is 0. The number of rotatable bonds is 4. The van der Waals surface area contributed by atoms with E-state index < -0.39 is 0 Å². The molecule has 0 atom stereocenters. The summed E-state index contributed by atoms with van der Waals surface area (Å²) in [5.74, 6) is 1.64. The van der Waals surface area contributed by atoms with Gasteiger partial charge in [-0.15, -0.1) is 0 Å². The van der Waals surface area contributed by atoms with Gasteiger partial charge in [0.2, 0.25) is 0 Å². The van der Waals surface area contributed by atoms with Crippen molar-refractivity contribution in [3.8, 4) is 0 Å². The van der Waals surface area contributed by atoms with Gasteiger partial charge in [-0.1, -0.05) is 20.8 Å². The van der Waals surface area contributed by atoms with E-state index in [1.165, 1.54) is 25.7 Å². The first-order valence-corrected chi connectivity index (χ1v) is 7.55. The molecule has 1 aromatic rings. The quantitative estimate of drug-likeness (QED) is 0.900. The minimum Gasteiger partial charge on any atom is -0.311 e. The van der Waals surface area contributed by atoms with Crippen LogP contribution in [-0.4, -0.2) is 16.5 Å². The summed E-state index contributed by atoms with van der Waals surface area (Å²) in [5.41, 5.74) is 2.74. The molecule has 2 rings (SSSR count). The van der Waals surface area contributed by atoms with E-state index in [0.717, 1.165) is 30.3 Å². The zero-order valence-electron chi connectivity index (χ0n) is 12.8. The monoisotopic (exact) mass is 261 g/mol. The molecule has 0 saturated heterocycles. The Hall–Kier alpha value is -0.960. The average molecular weight is 261 g/mol. The molecular formula is C16H27N3. The molecule has 1 aliphatic rings. The second kappa shape index (κ2) is 6.00. The Morgan fingerprint density at radius 3 is 2.58 bits per heavy atom. The normalized spacial score (nSPS) is 19.6. The molecule has 1 N–H and O–H groups in total. The molecule has 3 heteroatoms. The summed E-state index contributed by atoms with van der Waals surface area (Å²) in [6.45, 7) is 10.8. The van der Waals surface area contributed by atoms with E-state index in [4.69, 9.17) is 4.98 Å². The van der Waals surface area contributed by atoms with Crippen LogP contribution < -0.4 is 5.32 Å². The fourth-order valence-electron chi connectivity index (χ4n) is 2.84. The third kappa shape index (κ3) is 4.00. The summed E-state index contributed by atoms with van der Waals surface area (Å²) in [7, 11) is 0. The second-order valence-corrected chi connectivity index (χ2v) is 6.58. The zero-order valence-corrected chi connectivity index (χ0v) is 12.8. The van der Waals surface area contributed by atoms with Crippen molar-refractivity contribution in [1.82, 2.24) is 15.3 Å². The first-order valence-electron chi connectivity index (χ1n) is 7.55. The van der Waals surface area contributed by atoms with Gasteiger partial charge in [0.05, 0.1) is 5.69 Å². The van der Waals surface area contributed by atoms with Crippen LogP contribution in [0.4, 0.5) is 0 Å². The number of hydrogen-bond acceptors (Lipinski definition) is 3. The standard InChI is InChI=1S/C16H27N3/c1-5-17-11-14-10-12(2)18-15(19-14)13-6-8-16(3,4)9-7-13/h10,13,17H,5-9,11H2,1-4H3. The Morgan fingerprint density at radius 1 is 1.26 bits per heavy atom. The lowest BCUT2D eigenvalue weighted by Crippen LogP contribution is -2.22. The molecule has 0 radical (unpaired) electrons. The van der Waals surface area contributed by atoms with Crippen molar-refractivity contribution in [3.05, 3.63) is 23.3 Å². The average Bonchev–Trinajstić information content (AvgIpc) is 2.35. The summed E-state index contributed by atoms with van der Waals surface area (Å²) in [4.78, 5) is 9.44. The lowest BCUT2D eigenvalue weighted by Gasteiger charge is -2.33. The SMILES string of the molecule is CCNCc1cc(C)nc(C2CCC(C)(C)CC2)n1. The zero-order chi connectivity index (χ0) is 13.9. The molecule has 0 amide bonds. The van der Waals surface area contributed by atoms with E-state index in [1.807, 2.05) is 0 Å². The molecule has 1 aliphatic carbocycles. The van der Waals surface area contributed by atoms with Gasteiger partial charge in [-0.25, -0.2) is 9.97 Å². The smallest absolute Gasteiger partial charge is 0.131 e. The molecule has 0 unspecified atom stereocenters. The Balaban J connectivity index is 2.09. The first kappa shape index (κ1) is 14.4. The van der Waals surface area contributed by atoms with Gasteiger partial charge in [0.15, 0.2) is 0 Å². The van der Waals surface area contributed by atoms with Crippen LogP contribution in [0.3, 0.4) is 0 Å². The summed E-state index contributed by atoms with van der Waals surface area (Å²) >= 11 is 0. The molecule has 106 valence electrons. The molecule has 1 saturated carbocycles. The summed E-state index contributed by atoms with van der Waals surface area (Å²) in [6.07, 6.45) is 5.04. The lowest BCUT2D eigenvalue weighted by molar-refractivity contribution is 0.220. The second-order valence-electron chi connectivity index (χ2n) is 6.58. The summed E-state index contributed by atoms with van der Waals surface area (Å²) in [5, 5.41) is 3.34. The van der Waals surface area contributed by atoms with E-state index in [-0.39, 0.29) is 0 Å². The molecule has 1 aromatic heterocycles. The maximum absolute atomic E-state index is 4.77. The van der Waals surface area contributed by atoms with E-state index in [2.05, 4.69) is 44.1 Å². The van der Waals surface area contributed by atoms with Gasteiger partial charge in [-0.3, -0.25) is 0 Å². The fraction of sp³-hybridized carbons (Fsp3) is 0.750. The molecule has 0 aromatic carbocycles. The molecule has 1 fully saturated rings. The van der Waals surface area contributed by atoms with Crippen molar-refractivity contribution in [2.45, 2.75) is 65.8 Å². The van der Waals surface area contributed by atoms with Gasteiger partial charge in [0.25, 0.3) is 0 Å². The van der Waals surface area contributed by atoms with Crippen molar-refractivity contribution in [2.75, 3.05) is 6.54 Å². The van der Waals surface area contributed by atoms with Crippen molar-refractivity contribution in [3.63, 3.8) is 0 Å². The first-order chi connectivity index (χ1) is 9.00. The molecule has 0 bridgehead atoms. The van der Waals surface area contributed by atoms with Gasteiger partial charge >= 0.3 is 0 Å². The van der Waals surface area contributed by atoms with Crippen LogP contribution in [0.1, 0.15) is 69.6 Å². The predicted octanol–water partition coefficient (Wildman–Crippen LogP) is 3.58. The van der Waals surface area contributed by atoms with Crippen LogP contribution in [0.15, 0.2) is 6.07 Å². The Labute approximate surface area is 117 Å². The largest absolute Gasteiger partial charge is 0.311 e.